The molecular weight excluding hydrogens is 304 g/mol. The van der Waals surface area contributed by atoms with Crippen LogP contribution in [0.15, 0.2) is 22.7 Å². The first kappa shape index (κ1) is 16.5. The fourth-order valence-corrected chi connectivity index (χ4v) is 2.38. The number of anilines is 1. The zero-order valence-corrected chi connectivity index (χ0v) is 14.1. The van der Waals surface area contributed by atoms with Crippen LogP contribution in [0.2, 0.25) is 0 Å². The molecule has 2 N–H and O–H groups in total. The second-order valence-electron chi connectivity index (χ2n) is 5.85. The van der Waals surface area contributed by atoms with E-state index in [1.54, 1.807) is 0 Å². The first-order valence-corrected chi connectivity index (χ1v) is 7.43. The molecular formula is C15H25BrN2O. The lowest BCUT2D eigenvalue weighted by atomic mass is 10.0. The van der Waals surface area contributed by atoms with Gasteiger partial charge in [0.05, 0.1) is 17.8 Å². The molecule has 0 aliphatic rings. The highest BCUT2D eigenvalue weighted by Gasteiger charge is 2.24. The topological polar surface area (TPSA) is 35.5 Å². The molecule has 0 heterocycles. The van der Waals surface area contributed by atoms with Crippen LogP contribution in [0.3, 0.4) is 0 Å². The van der Waals surface area contributed by atoms with Gasteiger partial charge in [0.1, 0.15) is 0 Å². The normalized spacial score (nSPS) is 12.0. The smallest absolute Gasteiger partial charge is 0.0658 e. The lowest BCUT2D eigenvalue weighted by Gasteiger charge is -2.36. The summed E-state index contributed by atoms with van der Waals surface area (Å²) in [4.78, 5) is 2.09. The zero-order valence-electron chi connectivity index (χ0n) is 12.5. The van der Waals surface area contributed by atoms with Crippen molar-refractivity contribution in [2.45, 2.75) is 45.8 Å². The van der Waals surface area contributed by atoms with E-state index in [2.05, 4.69) is 58.2 Å². The summed E-state index contributed by atoms with van der Waals surface area (Å²) in [7, 11) is 2.00. The number of aliphatic hydroxyl groups is 1. The summed E-state index contributed by atoms with van der Waals surface area (Å²) in [6.07, 6.45) is 0. The average molecular weight is 329 g/mol. The van der Waals surface area contributed by atoms with Crippen LogP contribution in [-0.2, 0) is 6.54 Å². The number of halogens is 1. The molecule has 108 valence electrons. The monoisotopic (exact) mass is 328 g/mol. The maximum absolute atomic E-state index is 9.45. The van der Waals surface area contributed by atoms with Crippen LogP contribution in [0.4, 0.5) is 5.69 Å². The van der Waals surface area contributed by atoms with Crippen LogP contribution in [0.25, 0.3) is 0 Å². The summed E-state index contributed by atoms with van der Waals surface area (Å²) in [6, 6.07) is 6.84. The van der Waals surface area contributed by atoms with Crippen molar-refractivity contribution in [3.05, 3.63) is 28.2 Å². The molecule has 0 fully saturated rings. The molecule has 0 saturated heterocycles. The minimum absolute atomic E-state index is 0.118. The third-order valence-electron chi connectivity index (χ3n) is 3.38. The third kappa shape index (κ3) is 4.48. The Hall–Kier alpha value is -0.580. The minimum Gasteiger partial charge on any atom is -0.394 e. The van der Waals surface area contributed by atoms with Crippen LogP contribution in [0.1, 0.15) is 33.3 Å². The van der Waals surface area contributed by atoms with Crippen molar-refractivity contribution in [2.24, 2.45) is 0 Å². The van der Waals surface area contributed by atoms with Gasteiger partial charge in [-0.3, -0.25) is 0 Å². The van der Waals surface area contributed by atoms with Crippen LogP contribution < -0.4 is 10.2 Å². The van der Waals surface area contributed by atoms with Gasteiger partial charge in [-0.25, -0.2) is 0 Å². The Morgan fingerprint density at radius 1 is 1.37 bits per heavy atom. The van der Waals surface area contributed by atoms with Gasteiger partial charge in [0.2, 0.25) is 0 Å². The third-order valence-corrected chi connectivity index (χ3v) is 4.02. The number of rotatable bonds is 6. The number of nitrogens with one attached hydrogen (secondary N) is 1. The molecule has 0 atom stereocenters. The minimum atomic E-state index is -0.278. The largest absolute Gasteiger partial charge is 0.394 e. The summed E-state index contributed by atoms with van der Waals surface area (Å²) in [5.74, 6) is 0. The maximum atomic E-state index is 9.45. The Morgan fingerprint density at radius 2 is 2.00 bits per heavy atom. The van der Waals surface area contributed by atoms with E-state index in [-0.39, 0.29) is 12.1 Å². The Labute approximate surface area is 125 Å². The molecule has 0 aliphatic carbocycles. The summed E-state index contributed by atoms with van der Waals surface area (Å²) < 4.78 is 1.06. The molecule has 0 aliphatic heterocycles. The Bertz CT molecular complexity index is 419. The number of likely N-dealkylation sites (N-methyl/N-ethyl adjacent to an activating group) is 1. The molecule has 0 amide bonds. The van der Waals surface area contributed by atoms with Gasteiger partial charge in [-0.05, 0) is 47.5 Å². The molecule has 19 heavy (non-hydrogen) atoms. The van der Waals surface area contributed by atoms with Crippen LogP contribution in [0.5, 0.6) is 0 Å². The van der Waals surface area contributed by atoms with Gasteiger partial charge in [0, 0.05) is 24.1 Å². The van der Waals surface area contributed by atoms with E-state index in [0.717, 1.165) is 16.7 Å². The fraction of sp³-hybridized carbons (Fsp3) is 0.600. The molecule has 1 aromatic carbocycles. The molecule has 0 aromatic heterocycles. The van der Waals surface area contributed by atoms with Gasteiger partial charge in [-0.1, -0.05) is 19.9 Å². The molecule has 1 rings (SSSR count). The van der Waals surface area contributed by atoms with E-state index in [1.165, 1.54) is 5.56 Å². The predicted octanol–water partition coefficient (Wildman–Crippen LogP) is 3.15. The summed E-state index contributed by atoms with van der Waals surface area (Å²) in [6.45, 7) is 9.31. The second kappa shape index (κ2) is 6.73. The average Bonchev–Trinajstić information content (AvgIpc) is 2.35. The first-order chi connectivity index (χ1) is 8.77. The van der Waals surface area contributed by atoms with E-state index >= 15 is 0 Å². The fourth-order valence-electron chi connectivity index (χ4n) is 1.69. The Morgan fingerprint density at radius 3 is 2.47 bits per heavy atom. The van der Waals surface area contributed by atoms with Crippen LogP contribution in [0, 0.1) is 0 Å². The van der Waals surface area contributed by atoms with Crippen LogP contribution in [-0.4, -0.2) is 30.3 Å². The lowest BCUT2D eigenvalue weighted by molar-refractivity contribution is 0.216. The first-order valence-electron chi connectivity index (χ1n) is 6.64. The molecule has 3 nitrogen and oxygen atoms in total. The zero-order chi connectivity index (χ0) is 14.6. The highest BCUT2D eigenvalue weighted by atomic mass is 79.9. The van der Waals surface area contributed by atoms with Gasteiger partial charge in [-0.15, -0.1) is 0 Å². The van der Waals surface area contributed by atoms with Crippen molar-refractivity contribution >= 4 is 21.6 Å². The van der Waals surface area contributed by atoms with E-state index in [9.17, 15) is 5.11 Å². The molecule has 1 aromatic rings. The highest BCUT2D eigenvalue weighted by molar-refractivity contribution is 9.10. The number of nitrogens with zero attached hydrogens (tertiary/aromatic N) is 1. The summed E-state index contributed by atoms with van der Waals surface area (Å²) >= 11 is 3.63. The molecule has 0 unspecified atom stereocenters. The number of benzene rings is 1. The van der Waals surface area contributed by atoms with E-state index in [0.29, 0.717) is 6.04 Å². The number of aliphatic hydroxyl groups excluding tert-OH is 1. The molecule has 4 heteroatoms. The van der Waals surface area contributed by atoms with Crippen molar-refractivity contribution in [2.75, 3.05) is 18.6 Å². The van der Waals surface area contributed by atoms with Crippen molar-refractivity contribution in [1.82, 2.24) is 5.32 Å². The Kier molecular flexibility index (Phi) is 5.83. The van der Waals surface area contributed by atoms with Gasteiger partial charge in [0.15, 0.2) is 0 Å². The second-order valence-corrected chi connectivity index (χ2v) is 6.71. The quantitative estimate of drug-likeness (QED) is 0.842. The van der Waals surface area contributed by atoms with E-state index < -0.39 is 0 Å². The Balaban J connectivity index is 2.88. The van der Waals surface area contributed by atoms with Crippen LogP contribution >= 0.6 is 15.9 Å². The molecule has 0 saturated carbocycles. The maximum Gasteiger partial charge on any atom is 0.0658 e. The summed E-state index contributed by atoms with van der Waals surface area (Å²) in [5, 5.41) is 12.9. The predicted molar refractivity (Wildman–Crippen MR) is 85.7 cm³/mol. The SMILES string of the molecule is CC(C)NCc1ccc(N(C)C(C)(C)CO)c(Br)c1. The van der Waals surface area contributed by atoms with Crippen molar-refractivity contribution in [3.8, 4) is 0 Å². The van der Waals surface area contributed by atoms with Gasteiger partial charge >= 0.3 is 0 Å². The van der Waals surface area contributed by atoms with Crippen molar-refractivity contribution in [3.63, 3.8) is 0 Å². The van der Waals surface area contributed by atoms with Gasteiger partial charge in [-0.2, -0.15) is 0 Å². The molecule has 0 radical (unpaired) electrons. The standard InChI is InChI=1S/C15H25BrN2O/c1-11(2)17-9-12-6-7-14(13(16)8-12)18(5)15(3,4)10-19/h6-8,11,17,19H,9-10H2,1-5H3. The van der Waals surface area contributed by atoms with E-state index in [4.69, 9.17) is 0 Å². The summed E-state index contributed by atoms with van der Waals surface area (Å²) in [5.41, 5.74) is 2.06. The molecule has 0 bridgehead atoms. The van der Waals surface area contributed by atoms with Crippen molar-refractivity contribution in [1.29, 1.82) is 0 Å². The van der Waals surface area contributed by atoms with Gasteiger partial charge in [0.25, 0.3) is 0 Å². The van der Waals surface area contributed by atoms with Crippen molar-refractivity contribution < 1.29 is 5.11 Å². The highest BCUT2D eigenvalue weighted by Crippen LogP contribution is 2.30. The lowest BCUT2D eigenvalue weighted by Crippen LogP contribution is -2.44. The van der Waals surface area contributed by atoms with Gasteiger partial charge < -0.3 is 15.3 Å². The molecule has 0 spiro atoms. The number of hydrogen-bond acceptors (Lipinski definition) is 3. The van der Waals surface area contributed by atoms with E-state index in [1.807, 2.05) is 20.9 Å². The number of hydrogen-bond donors (Lipinski definition) is 2.